The van der Waals surface area contributed by atoms with Crippen LogP contribution in [-0.4, -0.2) is 19.3 Å². The van der Waals surface area contributed by atoms with Gasteiger partial charge in [-0.3, -0.25) is 9.59 Å². The van der Waals surface area contributed by atoms with Crippen LogP contribution in [0.3, 0.4) is 0 Å². The van der Waals surface area contributed by atoms with Gasteiger partial charge in [-0.25, -0.2) is 19.3 Å². The lowest BCUT2D eigenvalue weighted by molar-refractivity contribution is 0.648. The van der Waals surface area contributed by atoms with E-state index >= 15 is 0 Å². The number of aryl methyl sites for hydroxylation is 2. The normalized spacial score (nSPS) is 11.3. The molecule has 0 radical (unpaired) electrons. The van der Waals surface area contributed by atoms with Crippen molar-refractivity contribution in [3.63, 3.8) is 0 Å². The van der Waals surface area contributed by atoms with Gasteiger partial charge in [-0.2, -0.15) is 0 Å². The Kier molecular flexibility index (Phi) is 4.52. The van der Waals surface area contributed by atoms with Gasteiger partial charge in [0, 0.05) is 12.8 Å². The van der Waals surface area contributed by atoms with Crippen molar-refractivity contribution < 1.29 is 0 Å². The summed E-state index contributed by atoms with van der Waals surface area (Å²) in [6.07, 6.45) is 2.53. The molecule has 8 nitrogen and oxygen atoms in total. The molecule has 8 heteroatoms. The van der Waals surface area contributed by atoms with Crippen LogP contribution < -0.4 is 22.8 Å². The lowest BCUT2D eigenvalue weighted by Gasteiger charge is -2.10. The van der Waals surface area contributed by atoms with E-state index in [1.54, 1.807) is 36.4 Å². The summed E-state index contributed by atoms with van der Waals surface area (Å²) < 4.78 is 2.21. The molecule has 0 aliphatic heterocycles. The van der Waals surface area contributed by atoms with Gasteiger partial charge >= 0.3 is 0 Å². The Morgan fingerprint density at radius 3 is 1.50 bits per heavy atom. The summed E-state index contributed by atoms with van der Waals surface area (Å²) >= 11 is 0. The zero-order chi connectivity index (χ0) is 19.7. The minimum absolute atomic E-state index is 0.257. The fourth-order valence-electron chi connectivity index (χ4n) is 3.30. The third kappa shape index (κ3) is 3.09. The number of fused-ring (bicyclic) bond motifs is 2. The highest BCUT2D eigenvalue weighted by Gasteiger charge is 2.10. The van der Waals surface area contributed by atoms with Gasteiger partial charge in [-0.15, -0.1) is 0 Å². The molecule has 4 rings (SSSR count). The zero-order valence-electron chi connectivity index (χ0n) is 15.2. The van der Waals surface area contributed by atoms with Gasteiger partial charge in [0.25, 0.3) is 11.1 Å². The fourth-order valence-corrected chi connectivity index (χ4v) is 3.30. The summed E-state index contributed by atoms with van der Waals surface area (Å²) in [4.78, 5) is 33.7. The van der Waals surface area contributed by atoms with E-state index in [2.05, 4.69) is 9.97 Å². The van der Waals surface area contributed by atoms with Crippen LogP contribution in [0.1, 0.15) is 24.5 Å². The van der Waals surface area contributed by atoms with Crippen molar-refractivity contribution in [1.82, 2.24) is 19.3 Å². The number of nitrogen functional groups attached to an aromatic ring is 2. The summed E-state index contributed by atoms with van der Waals surface area (Å²) in [6, 6.07) is 14.3. The number of hydrogen-bond acceptors (Lipinski definition) is 6. The van der Waals surface area contributed by atoms with Crippen molar-refractivity contribution in [1.29, 1.82) is 0 Å². The number of nitrogens with zero attached hydrogens (tertiary/aromatic N) is 4. The van der Waals surface area contributed by atoms with Gasteiger partial charge in [-0.1, -0.05) is 24.3 Å². The van der Waals surface area contributed by atoms with E-state index < -0.39 is 0 Å². The molecule has 0 spiro atoms. The number of rotatable bonds is 5. The summed E-state index contributed by atoms with van der Waals surface area (Å²) in [7, 11) is 0. The Morgan fingerprint density at radius 1 is 0.679 bits per heavy atom. The lowest BCUT2D eigenvalue weighted by Crippen LogP contribution is -2.32. The van der Waals surface area contributed by atoms with Crippen molar-refractivity contribution in [2.45, 2.75) is 25.7 Å². The molecule has 2 aromatic heterocycles. The number of hydrogen-bond donors (Lipinski definition) is 2. The molecule has 0 saturated carbocycles. The van der Waals surface area contributed by atoms with Crippen LogP contribution in [0.25, 0.3) is 21.8 Å². The maximum atomic E-state index is 12.3. The topological polar surface area (TPSA) is 122 Å². The molecule has 0 aliphatic carbocycles. The molecule has 0 atom stereocenters. The minimum Gasteiger partial charge on any atom is -0.335 e. The second-order valence-electron chi connectivity index (χ2n) is 6.65. The number of unbranched alkanes of at least 4 members (excludes halogenated alkanes) is 1. The molecule has 0 fully saturated rings. The second-order valence-corrected chi connectivity index (χ2v) is 6.65. The van der Waals surface area contributed by atoms with Gasteiger partial charge in [0.15, 0.2) is 0 Å². The van der Waals surface area contributed by atoms with Gasteiger partial charge in [0.2, 0.25) is 0 Å². The van der Waals surface area contributed by atoms with Crippen LogP contribution in [0.15, 0.2) is 58.1 Å². The zero-order valence-corrected chi connectivity index (χ0v) is 15.2. The number of aromatic nitrogens is 4. The quantitative estimate of drug-likeness (QED) is 0.397. The Labute approximate surface area is 160 Å². The highest BCUT2D eigenvalue weighted by molar-refractivity contribution is 5.78. The molecule has 4 aromatic rings. The first-order valence-corrected chi connectivity index (χ1v) is 9.08. The van der Waals surface area contributed by atoms with Crippen molar-refractivity contribution in [3.8, 4) is 0 Å². The van der Waals surface area contributed by atoms with Crippen LogP contribution in [0.5, 0.6) is 0 Å². The van der Waals surface area contributed by atoms with Gasteiger partial charge in [0.05, 0.1) is 21.8 Å². The molecular formula is C20H20N6O2. The third-order valence-corrected chi connectivity index (χ3v) is 4.81. The first-order valence-electron chi connectivity index (χ1n) is 9.08. The Hall–Kier alpha value is -3.68. The number of para-hydroxylation sites is 2. The average Bonchev–Trinajstić information content (AvgIpc) is 2.72. The van der Waals surface area contributed by atoms with Crippen LogP contribution in [0, 0.1) is 0 Å². The molecule has 0 amide bonds. The Morgan fingerprint density at radius 2 is 1.07 bits per heavy atom. The average molecular weight is 376 g/mol. The Bertz CT molecular complexity index is 1190. The van der Waals surface area contributed by atoms with Crippen LogP contribution in [-0.2, 0) is 12.8 Å². The smallest absolute Gasteiger partial charge is 0.279 e. The first-order chi connectivity index (χ1) is 13.6. The molecule has 2 aromatic carbocycles. The van der Waals surface area contributed by atoms with Crippen molar-refractivity contribution in [2.75, 3.05) is 11.7 Å². The molecule has 0 saturated heterocycles. The van der Waals surface area contributed by atoms with Gasteiger partial charge in [0.1, 0.15) is 11.6 Å². The highest BCUT2D eigenvalue weighted by atomic mass is 16.1. The number of nitrogens with two attached hydrogens (primary N) is 2. The molecule has 0 unspecified atom stereocenters. The third-order valence-electron chi connectivity index (χ3n) is 4.81. The van der Waals surface area contributed by atoms with E-state index in [0.29, 0.717) is 46.3 Å². The molecular weight excluding hydrogens is 356 g/mol. The minimum atomic E-state index is -0.257. The van der Waals surface area contributed by atoms with Crippen molar-refractivity contribution >= 4 is 21.8 Å². The van der Waals surface area contributed by atoms with Crippen LogP contribution >= 0.6 is 0 Å². The Balaban J connectivity index is 1.50. The van der Waals surface area contributed by atoms with Gasteiger partial charge in [-0.05, 0) is 37.1 Å². The molecule has 0 aliphatic rings. The first kappa shape index (κ1) is 17.7. The predicted octanol–water partition coefficient (Wildman–Crippen LogP) is 1.10. The molecule has 4 N–H and O–H groups in total. The maximum absolute atomic E-state index is 12.3. The maximum Gasteiger partial charge on any atom is 0.279 e. The van der Waals surface area contributed by atoms with E-state index in [4.69, 9.17) is 11.7 Å². The monoisotopic (exact) mass is 376 g/mol. The summed E-state index contributed by atoms with van der Waals surface area (Å²) in [5.41, 5.74) is 0.757. The van der Waals surface area contributed by atoms with Gasteiger partial charge < -0.3 is 11.7 Å². The number of benzene rings is 2. The highest BCUT2D eigenvalue weighted by Crippen LogP contribution is 2.11. The SMILES string of the molecule is Nn1c(CCCCc2nc3ccccc3c(=O)n2N)nc2ccccc2c1=O. The van der Waals surface area contributed by atoms with E-state index in [1.807, 2.05) is 12.1 Å². The van der Waals surface area contributed by atoms with Crippen LogP contribution in [0.4, 0.5) is 0 Å². The van der Waals surface area contributed by atoms with Crippen molar-refractivity contribution in [2.24, 2.45) is 0 Å². The van der Waals surface area contributed by atoms with E-state index in [-0.39, 0.29) is 11.1 Å². The van der Waals surface area contributed by atoms with E-state index in [9.17, 15) is 9.59 Å². The summed E-state index contributed by atoms with van der Waals surface area (Å²) in [5, 5.41) is 1.00. The van der Waals surface area contributed by atoms with E-state index in [1.165, 1.54) is 0 Å². The predicted molar refractivity (Wildman–Crippen MR) is 109 cm³/mol. The molecule has 0 bridgehead atoms. The van der Waals surface area contributed by atoms with Crippen molar-refractivity contribution in [3.05, 3.63) is 80.9 Å². The summed E-state index contributed by atoms with van der Waals surface area (Å²) in [5.74, 6) is 12.9. The largest absolute Gasteiger partial charge is 0.335 e. The van der Waals surface area contributed by atoms with Crippen LogP contribution in [0.2, 0.25) is 0 Å². The standard InChI is InChI=1S/C20H20N6O2/c21-25-17(23-15-9-3-1-7-13(15)19(25)27)11-5-6-12-18-24-16-10-4-2-8-14(16)20(28)26(18)22/h1-4,7-10H,5-6,11-12,21-22H2. The lowest BCUT2D eigenvalue weighted by atomic mass is 10.1. The molecule has 28 heavy (non-hydrogen) atoms. The second kappa shape index (κ2) is 7.15. The molecule has 2 heterocycles. The molecule has 142 valence electrons. The fraction of sp³-hybridized carbons (Fsp3) is 0.200. The van der Waals surface area contributed by atoms with E-state index in [0.717, 1.165) is 22.2 Å². The summed E-state index contributed by atoms with van der Waals surface area (Å²) in [6.45, 7) is 0.